The van der Waals surface area contributed by atoms with Crippen molar-refractivity contribution in [3.05, 3.63) is 107 Å². The summed E-state index contributed by atoms with van der Waals surface area (Å²) >= 11 is 0. The second kappa shape index (κ2) is 21.9. The van der Waals surface area contributed by atoms with Gasteiger partial charge in [-0.15, -0.1) is 0 Å². The normalized spacial score (nSPS) is 15.3. The molecular formula is C57H65N4NaO9S. The van der Waals surface area contributed by atoms with Crippen LogP contribution in [0.2, 0.25) is 0 Å². The number of ether oxygens (including phenoxy) is 4. The molecule has 2 saturated carbocycles. The van der Waals surface area contributed by atoms with Crippen LogP contribution in [0.5, 0.6) is 11.5 Å². The zero-order chi connectivity index (χ0) is 49.4. The number of aromatic nitrogens is 4. The van der Waals surface area contributed by atoms with Crippen LogP contribution in [-0.4, -0.2) is 80.3 Å². The molecule has 3 aliphatic rings. The van der Waals surface area contributed by atoms with Gasteiger partial charge in [-0.2, -0.15) is 8.42 Å². The van der Waals surface area contributed by atoms with Gasteiger partial charge in [0.15, 0.2) is 0 Å². The minimum absolute atomic E-state index is 0. The Morgan fingerprint density at radius 1 is 0.653 bits per heavy atom. The fraction of sp³-hybridized carbons (Fsp3) is 0.404. The number of carbonyl (C=O) groups excluding carboxylic acids is 2. The van der Waals surface area contributed by atoms with Crippen LogP contribution in [0.25, 0.3) is 66.1 Å². The van der Waals surface area contributed by atoms with Crippen molar-refractivity contribution >= 4 is 65.7 Å². The maximum Gasteiger partial charge on any atom is 1.00 e. The monoisotopic (exact) mass is 1000 g/mol. The average molecular weight is 1010 g/mol. The van der Waals surface area contributed by atoms with Gasteiger partial charge < -0.3 is 39.1 Å². The fourth-order valence-corrected chi connectivity index (χ4v) is 12.4. The molecule has 5 heterocycles. The molecule has 15 heteroatoms. The van der Waals surface area contributed by atoms with E-state index >= 15 is 0 Å². The van der Waals surface area contributed by atoms with Crippen LogP contribution in [0.15, 0.2) is 85.2 Å². The van der Waals surface area contributed by atoms with Gasteiger partial charge in [0.05, 0.1) is 74.9 Å². The predicted molar refractivity (Wildman–Crippen MR) is 281 cm³/mol. The molecule has 1 aliphatic heterocycles. The van der Waals surface area contributed by atoms with Gasteiger partial charge in [-0.25, -0.2) is 9.59 Å². The van der Waals surface area contributed by atoms with E-state index in [2.05, 4.69) is 55.2 Å². The molecule has 0 radical (unpaired) electrons. The van der Waals surface area contributed by atoms with Gasteiger partial charge in [-0.1, -0.05) is 50.7 Å². The zero-order valence-corrected chi connectivity index (χ0v) is 45.3. The Bertz CT molecular complexity index is 3410. The molecule has 0 unspecified atom stereocenters. The number of H-pyrrole nitrogens is 1. The van der Waals surface area contributed by atoms with E-state index in [9.17, 15) is 18.0 Å². The quantitative estimate of drug-likeness (QED) is 0.0548. The smallest absolute Gasteiger partial charge is 1.00 e. The maximum absolute atomic E-state index is 12.4. The van der Waals surface area contributed by atoms with Gasteiger partial charge in [0.2, 0.25) is 0 Å². The number of aryl methyl sites for hydroxylation is 3. The summed E-state index contributed by atoms with van der Waals surface area (Å²) in [6.07, 6.45) is 19.1. The first-order valence-electron chi connectivity index (χ1n) is 25.2. The summed E-state index contributed by atoms with van der Waals surface area (Å²) < 4.78 is 56.2. The predicted octanol–water partition coefficient (Wildman–Crippen LogP) is 9.62. The number of nitrogens with zero attached hydrogens (tertiary/aromatic N) is 3. The van der Waals surface area contributed by atoms with E-state index in [1.54, 1.807) is 14.2 Å². The third-order valence-corrected chi connectivity index (χ3v) is 15.8. The van der Waals surface area contributed by atoms with Crippen LogP contribution in [0.4, 0.5) is 0 Å². The zero-order valence-electron chi connectivity index (χ0n) is 43.5. The molecule has 0 saturated heterocycles. The Morgan fingerprint density at radius 2 is 1.25 bits per heavy atom. The average Bonchev–Trinajstić information content (AvgIpc) is 4.19. The largest absolute Gasteiger partial charge is 1.00 e. The van der Waals surface area contributed by atoms with Crippen LogP contribution in [0.1, 0.15) is 122 Å². The molecule has 13 nitrogen and oxygen atoms in total. The van der Waals surface area contributed by atoms with E-state index in [1.165, 1.54) is 104 Å². The van der Waals surface area contributed by atoms with E-state index in [4.69, 9.17) is 23.1 Å². The second-order valence-electron chi connectivity index (χ2n) is 19.4. The summed E-state index contributed by atoms with van der Waals surface area (Å²) in [5.41, 5.74) is 12.9. The number of aromatic amines is 1. The van der Waals surface area contributed by atoms with Crippen LogP contribution < -0.4 is 39.0 Å². The SMILES string of the molecule is COC(=O)c1ccc2c(C3CCCCC3)c(-c3ccc(OC)c4ccn(CCCOS(C)(=O)=O)c34)[nH]c2c1.COC(=O)c1ccc2c(C3CCCCC3)c3n(c2c1)CCCn1ccc2c(OC)ccc-3c21.[H-].[Na+]. The van der Waals surface area contributed by atoms with E-state index in [1.807, 2.05) is 48.7 Å². The molecule has 2 aliphatic carbocycles. The van der Waals surface area contributed by atoms with Crippen molar-refractivity contribution < 1.29 is 72.1 Å². The van der Waals surface area contributed by atoms with Gasteiger partial charge in [-0.05, 0) is 122 Å². The summed E-state index contributed by atoms with van der Waals surface area (Å²) in [6.45, 7) is 2.59. The summed E-state index contributed by atoms with van der Waals surface area (Å²) in [7, 11) is 2.77. The Morgan fingerprint density at radius 3 is 1.89 bits per heavy atom. The van der Waals surface area contributed by atoms with Crippen molar-refractivity contribution in [2.24, 2.45) is 0 Å². The Hall–Kier alpha value is -5.51. The molecule has 0 spiro atoms. The Balaban J connectivity index is 0.000000191. The number of benzene rings is 4. The van der Waals surface area contributed by atoms with E-state index in [0.717, 1.165) is 88.7 Å². The third kappa shape index (κ3) is 9.85. The summed E-state index contributed by atoms with van der Waals surface area (Å²) in [5, 5.41) is 4.56. The maximum atomic E-state index is 12.4. The molecule has 0 amide bonds. The number of rotatable bonds is 12. The standard InChI is InChI=1S/C29H34N2O6S.C28H30N2O3.Na.H/c1-35-25-13-12-23(28-22(25)14-16-31(28)15-7-17-37-38(3,33)34)27-26(19-8-5-4-6-9-19)21-11-10-20(29(32)36-2)18-24(21)30-27;1-32-24-12-11-22-26-21(24)13-16-29(26)14-6-15-30-23-17-19(28(31)33-2)9-10-20(23)25(27(22)30)18-7-4-3-5-8-18;;/h10-14,16,18-19,30H,4-9,15,17H2,1-3H3;9-13,16-18H,3-8,14-15H2,1-2H3;;/q;;+1;-1. The van der Waals surface area contributed by atoms with Crippen LogP contribution in [0, 0.1) is 0 Å². The summed E-state index contributed by atoms with van der Waals surface area (Å²) in [6, 6.07) is 24.5. The molecule has 374 valence electrons. The van der Waals surface area contributed by atoms with Gasteiger partial charge in [0.25, 0.3) is 10.1 Å². The van der Waals surface area contributed by atoms with Crippen LogP contribution >= 0.6 is 0 Å². The van der Waals surface area contributed by atoms with E-state index < -0.39 is 10.1 Å². The summed E-state index contributed by atoms with van der Waals surface area (Å²) in [5.74, 6) is 2.01. The van der Waals surface area contributed by atoms with E-state index in [0.29, 0.717) is 35.9 Å². The van der Waals surface area contributed by atoms with Crippen molar-refractivity contribution in [3.63, 3.8) is 0 Å². The van der Waals surface area contributed by atoms with Crippen molar-refractivity contribution in [2.75, 3.05) is 41.3 Å². The van der Waals surface area contributed by atoms with Crippen molar-refractivity contribution in [1.82, 2.24) is 18.7 Å². The number of hydrogen-bond donors (Lipinski definition) is 1. The molecular weight excluding hydrogens is 940 g/mol. The number of carbonyl (C=O) groups is 2. The number of methoxy groups -OCH3 is 4. The minimum Gasteiger partial charge on any atom is -1.00 e. The molecule has 2 fully saturated rings. The summed E-state index contributed by atoms with van der Waals surface area (Å²) in [4.78, 5) is 28.3. The molecule has 0 atom stereocenters. The first-order valence-corrected chi connectivity index (χ1v) is 27.0. The number of fused-ring (bicyclic) bond motifs is 6. The molecule has 1 N–H and O–H groups in total. The Kier molecular flexibility index (Phi) is 15.6. The molecule has 8 aromatic rings. The first kappa shape index (κ1) is 51.4. The second-order valence-corrected chi connectivity index (χ2v) is 21.0. The molecule has 4 aromatic carbocycles. The van der Waals surface area contributed by atoms with Gasteiger partial charge >= 0.3 is 41.5 Å². The van der Waals surface area contributed by atoms with Crippen molar-refractivity contribution in [1.29, 1.82) is 0 Å². The topological polar surface area (TPSA) is 145 Å². The molecule has 4 aromatic heterocycles. The van der Waals surface area contributed by atoms with Gasteiger partial charge in [0, 0.05) is 75.7 Å². The third-order valence-electron chi connectivity index (χ3n) is 15.2. The van der Waals surface area contributed by atoms with Crippen molar-refractivity contribution in [2.45, 2.75) is 109 Å². The van der Waals surface area contributed by atoms with E-state index in [-0.39, 0.29) is 49.5 Å². The van der Waals surface area contributed by atoms with Crippen LogP contribution in [-0.2, 0) is 43.4 Å². The van der Waals surface area contributed by atoms with Gasteiger partial charge in [-0.3, -0.25) is 4.18 Å². The first-order chi connectivity index (χ1) is 34.5. The molecule has 0 bridgehead atoms. The Labute approximate surface area is 445 Å². The minimum atomic E-state index is -3.48. The fourth-order valence-electron chi connectivity index (χ4n) is 12.0. The van der Waals surface area contributed by atoms with Crippen LogP contribution in [0.3, 0.4) is 0 Å². The molecule has 72 heavy (non-hydrogen) atoms. The van der Waals surface area contributed by atoms with Gasteiger partial charge in [0.1, 0.15) is 11.5 Å². The number of nitrogens with one attached hydrogen (secondary N) is 1. The molecule has 11 rings (SSSR count). The van der Waals surface area contributed by atoms with Crippen molar-refractivity contribution in [3.8, 4) is 34.0 Å². The number of esters is 2. The number of hydrogen-bond acceptors (Lipinski definition) is 9.